The van der Waals surface area contributed by atoms with Crippen LogP contribution in [0.5, 0.6) is 0 Å². The van der Waals surface area contributed by atoms with E-state index in [2.05, 4.69) is 28.1 Å². The zero-order chi connectivity index (χ0) is 22.1. The summed E-state index contributed by atoms with van der Waals surface area (Å²) in [6.45, 7) is 1.60. The number of esters is 1. The molecule has 1 aromatic carbocycles. The largest absolute Gasteiger partial charge is 0.481 e. The first-order valence-electron chi connectivity index (χ1n) is 9.96. The highest BCUT2D eigenvalue weighted by molar-refractivity contribution is 9.09. The van der Waals surface area contributed by atoms with E-state index in [0.717, 1.165) is 35.5 Å². The Balaban J connectivity index is 1.92. The molecule has 0 aliphatic heterocycles. The van der Waals surface area contributed by atoms with Crippen molar-refractivity contribution in [2.45, 2.75) is 60.7 Å². The van der Waals surface area contributed by atoms with Crippen LogP contribution in [0.2, 0.25) is 5.02 Å². The summed E-state index contributed by atoms with van der Waals surface area (Å²) in [7, 11) is 0. The van der Waals surface area contributed by atoms with Gasteiger partial charge in [0, 0.05) is 39.2 Å². The van der Waals surface area contributed by atoms with Gasteiger partial charge in [0.25, 0.3) is 0 Å². The number of carbonyl (C=O) groups excluding carboxylic acids is 1. The number of benzene rings is 1. The van der Waals surface area contributed by atoms with E-state index in [9.17, 15) is 9.59 Å². The molecule has 4 atom stereocenters. The third-order valence-corrected chi connectivity index (χ3v) is 8.28. The monoisotopic (exact) mass is 536 g/mol. The van der Waals surface area contributed by atoms with Crippen LogP contribution in [0.15, 0.2) is 35.2 Å². The van der Waals surface area contributed by atoms with Gasteiger partial charge in [-0.2, -0.15) is 0 Å². The predicted octanol–water partition coefficient (Wildman–Crippen LogP) is 6.70. The van der Waals surface area contributed by atoms with Crippen LogP contribution in [0.3, 0.4) is 0 Å². The normalized spacial score (nSPS) is 23.7. The van der Waals surface area contributed by atoms with Crippen LogP contribution >= 0.6 is 50.9 Å². The maximum Gasteiger partial charge on any atom is 0.303 e. The molecule has 0 bridgehead atoms. The second-order valence-corrected chi connectivity index (χ2v) is 10.7. The molecular formula is C22H27BrCl2O4S. The molecule has 1 saturated carbocycles. The van der Waals surface area contributed by atoms with E-state index in [0.29, 0.717) is 23.3 Å². The molecular weight excluding hydrogens is 511 g/mol. The number of aliphatic carboxylic acids is 1. The SMILES string of the molecule is CC(=O)OCc1cc(Cl)cc(SC[C@H]2C(Cl)C(Br)C[C@@H]2CC=CCCCC(=O)O)c1. The van der Waals surface area contributed by atoms with Crippen LogP contribution in [-0.2, 0) is 20.9 Å². The third kappa shape index (κ3) is 8.81. The molecule has 0 heterocycles. The van der Waals surface area contributed by atoms with Crippen molar-refractivity contribution in [2.24, 2.45) is 11.8 Å². The Morgan fingerprint density at radius 3 is 2.80 bits per heavy atom. The first-order valence-corrected chi connectivity index (χ1v) is 12.7. The van der Waals surface area contributed by atoms with Gasteiger partial charge >= 0.3 is 11.9 Å². The van der Waals surface area contributed by atoms with E-state index in [1.807, 2.05) is 12.1 Å². The highest BCUT2D eigenvalue weighted by Gasteiger charge is 2.40. The number of unbranched alkanes of at least 4 members (excludes halogenated alkanes) is 1. The lowest BCUT2D eigenvalue weighted by Gasteiger charge is -2.21. The van der Waals surface area contributed by atoms with Crippen molar-refractivity contribution in [3.63, 3.8) is 0 Å². The van der Waals surface area contributed by atoms with Crippen LogP contribution in [0.4, 0.5) is 0 Å². The quantitative estimate of drug-likeness (QED) is 0.112. The smallest absolute Gasteiger partial charge is 0.303 e. The number of alkyl halides is 2. The molecule has 0 amide bonds. The van der Waals surface area contributed by atoms with Crippen LogP contribution < -0.4 is 0 Å². The summed E-state index contributed by atoms with van der Waals surface area (Å²) < 4.78 is 5.08. The molecule has 0 radical (unpaired) electrons. The minimum atomic E-state index is -0.750. The molecule has 2 rings (SSSR count). The molecule has 0 saturated heterocycles. The highest BCUT2D eigenvalue weighted by Crippen LogP contribution is 2.44. The second-order valence-electron chi connectivity index (χ2n) is 7.50. The van der Waals surface area contributed by atoms with E-state index < -0.39 is 5.97 Å². The molecule has 1 aromatic rings. The summed E-state index contributed by atoms with van der Waals surface area (Å²) in [5.41, 5.74) is 0.869. The number of allylic oxidation sites excluding steroid dienone is 2. The standard InChI is InChI=1S/C22H27BrCl2O4S/c1-14(26)29-12-15-8-17(24)11-18(9-15)30-13-19-16(10-20(23)22(19)25)6-4-2-3-5-7-21(27)28/h2,4,8-9,11,16,19-20,22H,3,5-7,10,12-13H2,1H3,(H,27,28)/t16-,19+,20?,22?/m0/s1. The Kier molecular flexibility index (Phi) is 11.1. The van der Waals surface area contributed by atoms with Crippen molar-refractivity contribution in [1.82, 2.24) is 0 Å². The van der Waals surface area contributed by atoms with E-state index in [1.54, 1.807) is 17.8 Å². The first kappa shape index (κ1) is 25.6. The van der Waals surface area contributed by atoms with Crippen molar-refractivity contribution < 1.29 is 19.4 Å². The molecule has 1 aliphatic rings. The number of carbonyl (C=O) groups is 2. The fourth-order valence-electron chi connectivity index (χ4n) is 3.55. The molecule has 30 heavy (non-hydrogen) atoms. The zero-order valence-corrected chi connectivity index (χ0v) is 20.8. The minimum absolute atomic E-state index is 0.0580. The Bertz CT molecular complexity index is 759. The van der Waals surface area contributed by atoms with Gasteiger partial charge in [0.2, 0.25) is 0 Å². The van der Waals surface area contributed by atoms with Gasteiger partial charge in [-0.15, -0.1) is 23.4 Å². The summed E-state index contributed by atoms with van der Waals surface area (Å²) >= 11 is 18.4. The fourth-order valence-corrected chi connectivity index (χ4v) is 6.55. The number of hydrogen-bond donors (Lipinski definition) is 1. The number of halogens is 3. The number of rotatable bonds is 11. The molecule has 1 aliphatic carbocycles. The lowest BCUT2D eigenvalue weighted by Crippen LogP contribution is -2.20. The van der Waals surface area contributed by atoms with E-state index in [1.165, 1.54) is 6.92 Å². The molecule has 4 nitrogen and oxygen atoms in total. The molecule has 0 aromatic heterocycles. The van der Waals surface area contributed by atoms with Crippen molar-refractivity contribution >= 4 is 62.8 Å². The molecule has 166 valence electrons. The number of hydrogen-bond acceptors (Lipinski definition) is 4. The summed E-state index contributed by atoms with van der Waals surface area (Å²) in [5.74, 6) is 0.629. The zero-order valence-electron chi connectivity index (χ0n) is 16.9. The summed E-state index contributed by atoms with van der Waals surface area (Å²) in [6, 6.07) is 5.73. The van der Waals surface area contributed by atoms with Gasteiger partial charge in [0.05, 0.1) is 0 Å². The maximum atomic E-state index is 11.1. The van der Waals surface area contributed by atoms with E-state index in [-0.39, 0.29) is 29.2 Å². The molecule has 1 fully saturated rings. The lowest BCUT2D eigenvalue weighted by atomic mass is 9.94. The number of carboxylic acids is 1. The second kappa shape index (κ2) is 13.0. The molecule has 2 unspecified atom stereocenters. The van der Waals surface area contributed by atoms with E-state index >= 15 is 0 Å². The van der Waals surface area contributed by atoms with Gasteiger partial charge < -0.3 is 9.84 Å². The van der Waals surface area contributed by atoms with Crippen LogP contribution in [0.1, 0.15) is 44.6 Å². The van der Waals surface area contributed by atoms with Gasteiger partial charge in [-0.05, 0) is 61.3 Å². The highest BCUT2D eigenvalue weighted by atomic mass is 79.9. The number of thioether (sulfide) groups is 1. The topological polar surface area (TPSA) is 63.6 Å². The van der Waals surface area contributed by atoms with Crippen LogP contribution in [0, 0.1) is 11.8 Å². The fraction of sp³-hybridized carbons (Fsp3) is 0.545. The van der Waals surface area contributed by atoms with Gasteiger partial charge in [-0.25, -0.2) is 0 Å². The summed E-state index contributed by atoms with van der Waals surface area (Å²) in [6.07, 6.45) is 7.86. The van der Waals surface area contributed by atoms with Gasteiger partial charge in [-0.3, -0.25) is 9.59 Å². The van der Waals surface area contributed by atoms with Crippen molar-refractivity contribution in [1.29, 1.82) is 0 Å². The molecule has 0 spiro atoms. The average Bonchev–Trinajstić information content (AvgIpc) is 2.94. The van der Waals surface area contributed by atoms with Crippen molar-refractivity contribution in [3.05, 3.63) is 40.9 Å². The molecule has 1 N–H and O–H groups in total. The average molecular weight is 538 g/mol. The third-order valence-electron chi connectivity index (χ3n) is 5.07. The Hall–Kier alpha value is -0.690. The van der Waals surface area contributed by atoms with Gasteiger partial charge in [0.15, 0.2) is 0 Å². The van der Waals surface area contributed by atoms with Crippen molar-refractivity contribution in [3.8, 4) is 0 Å². The maximum absolute atomic E-state index is 11.1. The van der Waals surface area contributed by atoms with Crippen LogP contribution in [0.25, 0.3) is 0 Å². The number of carboxylic acid groups (broad SMARTS) is 1. The Morgan fingerprint density at radius 2 is 2.10 bits per heavy atom. The lowest BCUT2D eigenvalue weighted by molar-refractivity contribution is -0.142. The van der Waals surface area contributed by atoms with E-state index in [4.69, 9.17) is 33.0 Å². The first-order chi connectivity index (χ1) is 14.3. The van der Waals surface area contributed by atoms with Crippen molar-refractivity contribution in [2.75, 3.05) is 5.75 Å². The summed E-state index contributed by atoms with van der Waals surface area (Å²) in [5, 5.41) is 9.38. The van der Waals surface area contributed by atoms with Gasteiger partial charge in [0.1, 0.15) is 6.61 Å². The molecule has 8 heteroatoms. The minimum Gasteiger partial charge on any atom is -0.481 e. The number of ether oxygens (including phenoxy) is 1. The Labute approximate surface area is 200 Å². The predicted molar refractivity (Wildman–Crippen MR) is 127 cm³/mol. The Morgan fingerprint density at radius 1 is 1.33 bits per heavy atom. The van der Waals surface area contributed by atoms with Crippen LogP contribution in [-0.4, -0.2) is 33.0 Å². The summed E-state index contributed by atoms with van der Waals surface area (Å²) in [4.78, 5) is 23.0. The van der Waals surface area contributed by atoms with Gasteiger partial charge in [-0.1, -0.05) is 39.7 Å².